The van der Waals surface area contributed by atoms with E-state index in [0.717, 1.165) is 30.0 Å². The molecule has 35 heavy (non-hydrogen) atoms. The molecule has 1 saturated carbocycles. The van der Waals surface area contributed by atoms with E-state index >= 15 is 0 Å². The van der Waals surface area contributed by atoms with Crippen molar-refractivity contribution in [2.45, 2.75) is 37.8 Å². The fraction of sp³-hybridized carbons (Fsp3) is 0.520. The summed E-state index contributed by atoms with van der Waals surface area (Å²) in [6.07, 6.45) is -1.03. The molecule has 0 spiro atoms. The number of methoxy groups -OCH3 is 1. The summed E-state index contributed by atoms with van der Waals surface area (Å²) in [5.41, 5.74) is 1.85. The number of halogens is 4. The highest BCUT2D eigenvalue weighted by atomic mass is 32.2. The van der Waals surface area contributed by atoms with Crippen LogP contribution in [0.25, 0.3) is 0 Å². The molecular formula is C25H32F4N2O3S. The van der Waals surface area contributed by atoms with E-state index in [1.54, 1.807) is 12.1 Å². The summed E-state index contributed by atoms with van der Waals surface area (Å²) >= 11 is 0. The lowest BCUT2D eigenvalue weighted by Gasteiger charge is -2.21. The van der Waals surface area contributed by atoms with E-state index < -0.39 is 27.6 Å². The van der Waals surface area contributed by atoms with E-state index in [4.69, 9.17) is 4.74 Å². The summed E-state index contributed by atoms with van der Waals surface area (Å²) in [5.74, 6) is 0.731. The first-order valence-electron chi connectivity index (χ1n) is 11.6. The molecule has 10 heteroatoms. The molecule has 0 radical (unpaired) electrons. The second kappa shape index (κ2) is 11.3. The Morgan fingerprint density at radius 3 is 2.40 bits per heavy atom. The Balaban J connectivity index is 0.000000320. The Morgan fingerprint density at radius 1 is 1.11 bits per heavy atom. The maximum absolute atomic E-state index is 14.0. The van der Waals surface area contributed by atoms with Gasteiger partial charge in [-0.15, -0.1) is 0 Å². The highest BCUT2D eigenvalue weighted by Gasteiger charge is 2.35. The van der Waals surface area contributed by atoms with E-state index in [2.05, 4.69) is 10.0 Å². The molecule has 0 heterocycles. The Labute approximate surface area is 204 Å². The number of hydrogen-bond acceptors (Lipinski definition) is 4. The van der Waals surface area contributed by atoms with E-state index in [1.807, 2.05) is 7.05 Å². The molecule has 0 amide bonds. The van der Waals surface area contributed by atoms with Crippen molar-refractivity contribution in [2.24, 2.45) is 11.8 Å². The fourth-order valence-corrected chi connectivity index (χ4v) is 5.65. The van der Waals surface area contributed by atoms with Crippen LogP contribution in [0.2, 0.25) is 0 Å². The van der Waals surface area contributed by atoms with Gasteiger partial charge in [0.05, 0.1) is 18.4 Å². The van der Waals surface area contributed by atoms with Gasteiger partial charge in [-0.2, -0.15) is 13.2 Å². The molecule has 194 valence electrons. The Hall–Kier alpha value is -2.17. The minimum absolute atomic E-state index is 0.00966. The van der Waals surface area contributed by atoms with Crippen LogP contribution in [0.1, 0.15) is 41.0 Å². The molecule has 1 fully saturated rings. The molecule has 2 atom stereocenters. The number of sulfonamides is 1. The predicted octanol–water partition coefficient (Wildman–Crippen LogP) is 4.52. The first-order valence-corrected chi connectivity index (χ1v) is 13.2. The van der Waals surface area contributed by atoms with Gasteiger partial charge in [0.1, 0.15) is 0 Å². The number of rotatable bonds is 8. The summed E-state index contributed by atoms with van der Waals surface area (Å²) < 4.78 is 81.9. The molecule has 2 aromatic carbocycles. The Morgan fingerprint density at radius 2 is 1.83 bits per heavy atom. The number of ether oxygens (including phenoxy) is 1. The van der Waals surface area contributed by atoms with Crippen LogP contribution >= 0.6 is 0 Å². The summed E-state index contributed by atoms with van der Waals surface area (Å²) in [4.78, 5) is 0. The van der Waals surface area contributed by atoms with E-state index in [1.165, 1.54) is 32.4 Å². The maximum Gasteiger partial charge on any atom is 0.416 e. The predicted molar refractivity (Wildman–Crippen MR) is 128 cm³/mol. The third-order valence-corrected chi connectivity index (χ3v) is 8.04. The second-order valence-corrected chi connectivity index (χ2v) is 11.1. The van der Waals surface area contributed by atoms with Crippen LogP contribution in [0, 0.1) is 17.7 Å². The fourth-order valence-electron chi connectivity index (χ4n) is 4.53. The van der Waals surface area contributed by atoms with Gasteiger partial charge >= 0.3 is 6.18 Å². The van der Waals surface area contributed by atoms with Crippen LogP contribution in [-0.2, 0) is 29.0 Å². The molecule has 0 aromatic heterocycles. The van der Waals surface area contributed by atoms with Crippen molar-refractivity contribution in [3.05, 3.63) is 64.5 Å². The molecule has 0 saturated heterocycles. The van der Waals surface area contributed by atoms with Gasteiger partial charge in [0.2, 0.25) is 10.0 Å². The van der Waals surface area contributed by atoms with Crippen molar-refractivity contribution >= 4 is 10.0 Å². The number of alkyl halides is 3. The molecule has 0 bridgehead atoms. The smallest absolute Gasteiger partial charge is 0.416 e. The molecule has 2 N–H and O–H groups in total. The van der Waals surface area contributed by atoms with E-state index in [-0.39, 0.29) is 17.6 Å². The number of benzene rings is 2. The molecule has 2 aromatic rings. The Bertz CT molecular complexity index is 1120. The number of hydrogen-bond donors (Lipinski definition) is 2. The van der Waals surface area contributed by atoms with Crippen molar-refractivity contribution in [1.82, 2.24) is 10.0 Å². The molecule has 0 aliphatic heterocycles. The normalized spacial score (nSPS) is 19.6. The second-order valence-electron chi connectivity index (χ2n) is 9.15. The first-order chi connectivity index (χ1) is 16.5. The summed E-state index contributed by atoms with van der Waals surface area (Å²) in [5, 5.41) is 3.13. The molecule has 2 aliphatic carbocycles. The van der Waals surface area contributed by atoms with E-state index in [0.29, 0.717) is 36.6 Å². The van der Waals surface area contributed by atoms with Crippen molar-refractivity contribution in [3.63, 3.8) is 0 Å². The van der Waals surface area contributed by atoms with Crippen molar-refractivity contribution < 1.29 is 30.7 Å². The third-order valence-electron chi connectivity index (χ3n) is 6.50. The van der Waals surface area contributed by atoms with Gasteiger partial charge in [-0.1, -0.05) is 18.2 Å². The van der Waals surface area contributed by atoms with Crippen LogP contribution in [0.5, 0.6) is 5.75 Å². The van der Waals surface area contributed by atoms with Gasteiger partial charge in [0.25, 0.3) is 0 Å². The monoisotopic (exact) mass is 516 g/mol. The van der Waals surface area contributed by atoms with Gasteiger partial charge in [-0.25, -0.2) is 17.5 Å². The van der Waals surface area contributed by atoms with Crippen molar-refractivity contribution in [2.75, 3.05) is 33.5 Å². The van der Waals surface area contributed by atoms with Crippen molar-refractivity contribution in [1.29, 1.82) is 0 Å². The van der Waals surface area contributed by atoms with Crippen LogP contribution in [0.3, 0.4) is 0 Å². The zero-order valence-corrected chi connectivity index (χ0v) is 20.9. The van der Waals surface area contributed by atoms with E-state index in [9.17, 15) is 26.0 Å². The molecule has 2 aliphatic rings. The number of nitrogens with one attached hydrogen (secondary N) is 2. The van der Waals surface area contributed by atoms with Gasteiger partial charge in [-0.05, 0) is 99.0 Å². The highest BCUT2D eigenvalue weighted by molar-refractivity contribution is 7.89. The zero-order chi connectivity index (χ0) is 25.8. The quantitative estimate of drug-likeness (QED) is 0.507. The van der Waals surface area contributed by atoms with Gasteiger partial charge in [0.15, 0.2) is 11.6 Å². The summed E-state index contributed by atoms with van der Waals surface area (Å²) in [6, 6.07) is 8.61. The topological polar surface area (TPSA) is 67.4 Å². The molecule has 4 rings (SSSR count). The highest BCUT2D eigenvalue weighted by Crippen LogP contribution is 2.43. The summed E-state index contributed by atoms with van der Waals surface area (Å²) in [6.45, 7) is 0.711. The molecular weight excluding hydrogens is 484 g/mol. The largest absolute Gasteiger partial charge is 0.494 e. The average molecular weight is 517 g/mol. The third kappa shape index (κ3) is 7.41. The van der Waals surface area contributed by atoms with Crippen LogP contribution in [-0.4, -0.2) is 41.9 Å². The lowest BCUT2D eigenvalue weighted by atomic mass is 9.86. The SMILES string of the molecule is CNCC1Cc2cc(F)c(OC)cc2C1Cc1cccc(C(F)(F)F)c1.CNS(=O)(=O)CC1CC1. The number of fused-ring (bicyclic) bond motifs is 1. The Kier molecular flexibility index (Phi) is 8.82. The molecule has 5 nitrogen and oxygen atoms in total. The molecule has 2 unspecified atom stereocenters. The van der Waals surface area contributed by atoms with Gasteiger partial charge in [-0.3, -0.25) is 0 Å². The van der Waals surface area contributed by atoms with Gasteiger partial charge in [0, 0.05) is 0 Å². The van der Waals surface area contributed by atoms with Crippen LogP contribution in [0.15, 0.2) is 36.4 Å². The lowest BCUT2D eigenvalue weighted by Crippen LogP contribution is -2.23. The zero-order valence-electron chi connectivity index (χ0n) is 20.1. The minimum atomic E-state index is -4.36. The van der Waals surface area contributed by atoms with Gasteiger partial charge < -0.3 is 10.1 Å². The first kappa shape index (κ1) is 27.4. The maximum atomic E-state index is 14.0. The van der Waals surface area contributed by atoms with Crippen molar-refractivity contribution in [3.8, 4) is 5.75 Å². The lowest BCUT2D eigenvalue weighted by molar-refractivity contribution is -0.137. The summed E-state index contributed by atoms with van der Waals surface area (Å²) in [7, 11) is 1.80. The average Bonchev–Trinajstić information content (AvgIpc) is 3.55. The van der Waals surface area contributed by atoms with Crippen LogP contribution in [0.4, 0.5) is 17.6 Å². The minimum Gasteiger partial charge on any atom is -0.494 e. The standard InChI is InChI=1S/C20H21F4NO.C5H11NO2S/c1-25-11-14-8-13-9-18(21)19(26-2)10-17(13)16(14)7-12-4-3-5-15(6-12)20(22,23)24;1-6-9(7,8)4-5-2-3-5/h3-6,9-10,14,16,25H,7-8,11H2,1-2H3;5-6H,2-4H2,1H3. The van der Waals surface area contributed by atoms with Crippen LogP contribution < -0.4 is 14.8 Å².